The van der Waals surface area contributed by atoms with Gasteiger partial charge in [-0.2, -0.15) is 0 Å². The predicted molar refractivity (Wildman–Crippen MR) is 259 cm³/mol. The summed E-state index contributed by atoms with van der Waals surface area (Å²) in [4.78, 5) is 7.13. The molecule has 0 amide bonds. The summed E-state index contributed by atoms with van der Waals surface area (Å²) < 4.78 is 7.04. The van der Waals surface area contributed by atoms with Crippen molar-refractivity contribution in [3.05, 3.63) is 230 Å². The van der Waals surface area contributed by atoms with Crippen molar-refractivity contribution < 1.29 is 4.74 Å². The average molecular weight is 796 g/mol. The first-order valence-electron chi connectivity index (χ1n) is 21.5. The van der Waals surface area contributed by atoms with E-state index < -0.39 is 0 Å². The number of hydrogen-bond donors (Lipinski definition) is 0. The summed E-state index contributed by atoms with van der Waals surface area (Å²) in [5.41, 5.74) is 18.6. The summed E-state index contributed by atoms with van der Waals surface area (Å²) in [6.07, 6.45) is 0. The van der Waals surface area contributed by atoms with Crippen molar-refractivity contribution >= 4 is 74.3 Å². The molecule has 62 heavy (non-hydrogen) atoms. The third kappa shape index (κ3) is 5.62. The van der Waals surface area contributed by atoms with Crippen molar-refractivity contribution in [2.75, 3.05) is 14.7 Å². The minimum absolute atomic E-state index is 0.0390. The lowest BCUT2D eigenvalue weighted by molar-refractivity contribution is 0.487. The van der Waals surface area contributed by atoms with Crippen LogP contribution in [0.3, 0.4) is 0 Å². The van der Waals surface area contributed by atoms with Gasteiger partial charge in [0.25, 0.3) is 6.71 Å². The highest BCUT2D eigenvalue weighted by atomic mass is 16.5. The Morgan fingerprint density at radius 2 is 0.919 bits per heavy atom. The fourth-order valence-electron chi connectivity index (χ4n) is 10.2. The molecule has 1 aliphatic carbocycles. The molecule has 0 fully saturated rings. The number of hydrogen-bond acceptors (Lipinski definition) is 4. The van der Waals surface area contributed by atoms with Crippen LogP contribution < -0.4 is 35.8 Å². The molecule has 0 N–H and O–H groups in total. The fraction of sp³-hybridized carbons (Fsp3) is 0.0526. The standard InChI is InChI=1S/C57H42BN3O/c1-57(2)48-35-44(59(39-19-8-3-9-20-39)40-21-10-4-11-22-40)31-33-46(48)47-37-55-51(38-49(47)57)58-50-34-32-45(60(41-23-12-5-13-24-41)42-25-14-6-15-26-42)36-53(50)61(43-27-16-7-17-28-43)52-29-18-30-54(62-55)56(52)58/h3-38H,1-2H3. The van der Waals surface area contributed by atoms with Crippen molar-refractivity contribution in [3.8, 4) is 22.6 Å². The Labute approximate surface area is 363 Å². The lowest BCUT2D eigenvalue weighted by Crippen LogP contribution is -2.59. The molecule has 0 atom stereocenters. The third-order valence-electron chi connectivity index (χ3n) is 13.0. The maximum absolute atomic E-state index is 7.04. The number of anilines is 9. The normalized spacial score (nSPS) is 13.5. The zero-order chi connectivity index (χ0) is 41.4. The van der Waals surface area contributed by atoms with Crippen LogP contribution in [0.1, 0.15) is 25.0 Å². The molecule has 9 aromatic rings. The summed E-state index contributed by atoms with van der Waals surface area (Å²) in [7, 11) is 0. The number of nitrogens with zero attached hydrogens (tertiary/aromatic N) is 3. The second-order valence-corrected chi connectivity index (χ2v) is 16.9. The van der Waals surface area contributed by atoms with Crippen molar-refractivity contribution in [2.24, 2.45) is 0 Å². The highest BCUT2D eigenvalue weighted by Gasteiger charge is 2.45. The van der Waals surface area contributed by atoms with Crippen LogP contribution >= 0.6 is 0 Å². The van der Waals surface area contributed by atoms with Crippen LogP contribution in [0.2, 0.25) is 0 Å². The molecule has 2 heterocycles. The molecule has 12 rings (SSSR count). The van der Waals surface area contributed by atoms with Crippen LogP contribution in [0.5, 0.6) is 11.5 Å². The molecule has 0 saturated heterocycles. The minimum atomic E-state index is -0.266. The minimum Gasteiger partial charge on any atom is -0.458 e. The van der Waals surface area contributed by atoms with Gasteiger partial charge in [-0.15, -0.1) is 0 Å². The van der Waals surface area contributed by atoms with Crippen LogP contribution in [0.25, 0.3) is 11.1 Å². The molecule has 4 nitrogen and oxygen atoms in total. The molecule has 9 aromatic carbocycles. The second-order valence-electron chi connectivity index (χ2n) is 16.9. The zero-order valence-electron chi connectivity index (χ0n) is 34.6. The quantitative estimate of drug-likeness (QED) is 0.150. The second kappa shape index (κ2) is 14.2. The number of rotatable bonds is 7. The first kappa shape index (κ1) is 36.1. The highest BCUT2D eigenvalue weighted by Crippen LogP contribution is 2.53. The topological polar surface area (TPSA) is 19.0 Å². The SMILES string of the molecule is CC1(C)c2cc(N(c3ccccc3)c3ccccc3)ccc2-c2cc3c(cc21)B1c2ccc(N(c4ccccc4)c4ccccc4)cc2N(c2ccccc2)c2cccc(c21)O3. The predicted octanol–water partition coefficient (Wildman–Crippen LogP) is 13.3. The first-order valence-corrected chi connectivity index (χ1v) is 21.5. The van der Waals surface area contributed by atoms with E-state index >= 15 is 0 Å². The summed E-state index contributed by atoms with van der Waals surface area (Å²) >= 11 is 0. The van der Waals surface area contributed by atoms with Gasteiger partial charge in [-0.3, -0.25) is 0 Å². The van der Waals surface area contributed by atoms with Crippen molar-refractivity contribution in [2.45, 2.75) is 19.3 Å². The maximum Gasteiger partial charge on any atom is 0.256 e. The van der Waals surface area contributed by atoms with Crippen LogP contribution in [0.15, 0.2) is 218 Å². The molecule has 3 aliphatic rings. The Hall–Kier alpha value is -7.76. The van der Waals surface area contributed by atoms with Gasteiger partial charge in [-0.05, 0) is 142 Å². The van der Waals surface area contributed by atoms with Gasteiger partial charge in [0.15, 0.2) is 0 Å². The molecule has 5 heteroatoms. The number of fused-ring (bicyclic) bond motifs is 7. The van der Waals surface area contributed by atoms with Crippen molar-refractivity contribution in [3.63, 3.8) is 0 Å². The first-order chi connectivity index (χ1) is 30.5. The Kier molecular flexibility index (Phi) is 8.26. The largest absolute Gasteiger partial charge is 0.458 e. The molecular weight excluding hydrogens is 753 g/mol. The molecule has 2 aliphatic heterocycles. The molecule has 294 valence electrons. The van der Waals surface area contributed by atoms with Crippen LogP contribution in [0.4, 0.5) is 51.2 Å². The van der Waals surface area contributed by atoms with Gasteiger partial charge in [0.05, 0.1) is 0 Å². The van der Waals surface area contributed by atoms with E-state index in [1.807, 2.05) is 0 Å². The highest BCUT2D eigenvalue weighted by molar-refractivity contribution is 6.99. The lowest BCUT2D eigenvalue weighted by Gasteiger charge is -2.41. The van der Waals surface area contributed by atoms with E-state index in [1.165, 1.54) is 38.6 Å². The van der Waals surface area contributed by atoms with Gasteiger partial charge < -0.3 is 19.4 Å². The van der Waals surface area contributed by atoms with E-state index in [9.17, 15) is 0 Å². The molecule has 0 unspecified atom stereocenters. The van der Waals surface area contributed by atoms with Gasteiger partial charge in [-0.25, -0.2) is 0 Å². The van der Waals surface area contributed by atoms with Gasteiger partial charge >= 0.3 is 0 Å². The van der Waals surface area contributed by atoms with Crippen LogP contribution in [-0.4, -0.2) is 6.71 Å². The van der Waals surface area contributed by atoms with E-state index in [-0.39, 0.29) is 12.1 Å². The van der Waals surface area contributed by atoms with E-state index in [1.54, 1.807) is 0 Å². The number of para-hydroxylation sites is 5. The maximum atomic E-state index is 7.04. The Bertz CT molecular complexity index is 3060. The van der Waals surface area contributed by atoms with Gasteiger partial charge in [0.1, 0.15) is 11.5 Å². The van der Waals surface area contributed by atoms with E-state index in [2.05, 4.69) is 247 Å². The van der Waals surface area contributed by atoms with E-state index in [0.29, 0.717) is 0 Å². The average Bonchev–Trinajstić information content (AvgIpc) is 3.54. The number of ether oxygens (including phenoxy) is 1. The molecule has 0 bridgehead atoms. The summed E-state index contributed by atoms with van der Waals surface area (Å²) in [6, 6.07) is 78.8. The fourth-order valence-corrected chi connectivity index (χ4v) is 10.2. The Balaban J connectivity index is 1.03. The summed E-state index contributed by atoms with van der Waals surface area (Å²) in [6.45, 7) is 4.72. The van der Waals surface area contributed by atoms with Gasteiger partial charge in [0.2, 0.25) is 0 Å². The smallest absolute Gasteiger partial charge is 0.256 e. The van der Waals surface area contributed by atoms with Crippen LogP contribution in [0, 0.1) is 0 Å². The monoisotopic (exact) mass is 795 g/mol. The van der Waals surface area contributed by atoms with E-state index in [4.69, 9.17) is 4.74 Å². The molecule has 0 spiro atoms. The third-order valence-corrected chi connectivity index (χ3v) is 13.0. The van der Waals surface area contributed by atoms with Crippen LogP contribution in [-0.2, 0) is 5.41 Å². The molecule has 0 saturated carbocycles. The molecular formula is C57H42BN3O. The Morgan fingerprint density at radius 3 is 1.50 bits per heavy atom. The Morgan fingerprint density at radius 1 is 0.403 bits per heavy atom. The van der Waals surface area contributed by atoms with Gasteiger partial charge in [-0.1, -0.05) is 129 Å². The molecule has 0 radical (unpaired) electrons. The van der Waals surface area contributed by atoms with Crippen molar-refractivity contribution in [1.82, 2.24) is 0 Å². The lowest BCUT2D eigenvalue weighted by atomic mass is 9.34. The molecule has 0 aromatic heterocycles. The van der Waals surface area contributed by atoms with Crippen molar-refractivity contribution in [1.29, 1.82) is 0 Å². The number of benzene rings is 9. The van der Waals surface area contributed by atoms with E-state index in [0.717, 1.165) is 62.7 Å². The summed E-state index contributed by atoms with van der Waals surface area (Å²) in [5.74, 6) is 1.82. The van der Waals surface area contributed by atoms with Gasteiger partial charge in [0, 0.05) is 56.6 Å². The summed E-state index contributed by atoms with van der Waals surface area (Å²) in [5, 5.41) is 0. The zero-order valence-corrected chi connectivity index (χ0v) is 34.6.